The largest absolute Gasteiger partial charge is 0.506 e. The number of ether oxygens (including phenoxy) is 3. The molecule has 0 aliphatic carbocycles. The average Bonchev–Trinajstić information content (AvgIpc) is 2.86. The molecule has 0 atom stereocenters. The van der Waals surface area contributed by atoms with Crippen molar-refractivity contribution in [3.63, 3.8) is 0 Å². The Kier molecular flexibility index (Phi) is 8.96. The van der Waals surface area contributed by atoms with Gasteiger partial charge in [0.05, 0.1) is 30.2 Å². The quantitative estimate of drug-likeness (QED) is 0.321. The minimum absolute atomic E-state index is 0.110. The molecule has 210 valence electrons. The molecule has 1 heterocycles. The van der Waals surface area contributed by atoms with Gasteiger partial charge in [0.15, 0.2) is 4.90 Å². The number of pyridine rings is 1. The maximum absolute atomic E-state index is 13.7. The Hall–Kier alpha value is -3.99. The van der Waals surface area contributed by atoms with Crippen LogP contribution in [-0.4, -0.2) is 44.4 Å². The van der Waals surface area contributed by atoms with E-state index in [-0.39, 0.29) is 16.1 Å². The first kappa shape index (κ1) is 29.6. The second kappa shape index (κ2) is 11.8. The molecule has 3 aromatic rings. The van der Waals surface area contributed by atoms with Gasteiger partial charge in [-0.05, 0) is 70.0 Å². The number of hydrogen-bond acceptors (Lipinski definition) is 8. The molecule has 0 radical (unpaired) electrons. The Morgan fingerprint density at radius 3 is 2.10 bits per heavy atom. The van der Waals surface area contributed by atoms with Gasteiger partial charge >= 0.3 is 6.09 Å². The van der Waals surface area contributed by atoms with E-state index in [4.69, 9.17) is 14.2 Å². The van der Waals surface area contributed by atoms with Crippen LogP contribution in [0.25, 0.3) is 11.1 Å². The van der Waals surface area contributed by atoms with Gasteiger partial charge < -0.3 is 24.3 Å². The molecular formula is C28H34N2O8S. The highest BCUT2D eigenvalue weighted by Crippen LogP contribution is 2.46. The van der Waals surface area contributed by atoms with Gasteiger partial charge in [0.25, 0.3) is 5.56 Å². The highest BCUT2D eigenvalue weighted by molar-refractivity contribution is 7.91. The van der Waals surface area contributed by atoms with E-state index < -0.39 is 37.7 Å². The van der Waals surface area contributed by atoms with Crippen molar-refractivity contribution in [2.75, 3.05) is 19.5 Å². The Labute approximate surface area is 227 Å². The van der Waals surface area contributed by atoms with Crippen LogP contribution >= 0.6 is 0 Å². The number of hydrogen-bond donors (Lipinski definition) is 3. The summed E-state index contributed by atoms with van der Waals surface area (Å²) in [7, 11) is -1.62. The van der Waals surface area contributed by atoms with Gasteiger partial charge in [-0.1, -0.05) is 19.4 Å². The number of aryl methyl sites for hydroxylation is 1. The number of carbonyl (C=O) groups is 1. The van der Waals surface area contributed by atoms with Gasteiger partial charge in [-0.3, -0.25) is 10.1 Å². The van der Waals surface area contributed by atoms with Gasteiger partial charge in [0.1, 0.15) is 22.8 Å². The Morgan fingerprint density at radius 1 is 1.00 bits per heavy atom. The summed E-state index contributed by atoms with van der Waals surface area (Å²) in [6.45, 7) is 7.12. The molecule has 11 heteroatoms. The fourth-order valence-electron chi connectivity index (χ4n) is 4.03. The standard InChI is InChI=1S/C28H34N2O8S/c1-7-8-10-19-22(23-20(36-5)11-9-12-21(23)37-6)24(31)25(26(32)30-19)39(34,35)18-15-13-17(14-16-18)29-27(33)38-28(2,3)4/h9,11-16H,7-8,10H2,1-6H3,(H,29,33)(H2,30,31,32). The number of carbonyl (C=O) groups excluding carboxylic acids is 1. The zero-order chi connectivity index (χ0) is 29.0. The van der Waals surface area contributed by atoms with Gasteiger partial charge in [0.2, 0.25) is 9.84 Å². The molecule has 0 aliphatic heterocycles. The third-order valence-corrected chi connectivity index (χ3v) is 7.57. The number of aromatic nitrogens is 1. The van der Waals surface area contributed by atoms with E-state index in [0.717, 1.165) is 6.42 Å². The number of H-pyrrole nitrogens is 1. The predicted molar refractivity (Wildman–Crippen MR) is 148 cm³/mol. The number of aromatic amines is 1. The number of amides is 1. The van der Waals surface area contributed by atoms with Gasteiger partial charge in [-0.25, -0.2) is 13.2 Å². The maximum Gasteiger partial charge on any atom is 0.412 e. The summed E-state index contributed by atoms with van der Waals surface area (Å²) < 4.78 is 43.5. The predicted octanol–water partition coefficient (Wildman–Crippen LogP) is 5.29. The number of rotatable bonds is 9. The lowest BCUT2D eigenvalue weighted by molar-refractivity contribution is 0.0636. The van der Waals surface area contributed by atoms with E-state index in [9.17, 15) is 23.1 Å². The van der Waals surface area contributed by atoms with E-state index in [1.54, 1.807) is 39.0 Å². The first-order chi connectivity index (χ1) is 18.3. The van der Waals surface area contributed by atoms with Crippen LogP contribution in [0.15, 0.2) is 57.1 Å². The van der Waals surface area contributed by atoms with Crippen LogP contribution in [-0.2, 0) is 21.0 Å². The van der Waals surface area contributed by atoms with Crippen molar-refractivity contribution >= 4 is 21.6 Å². The van der Waals surface area contributed by atoms with Crippen molar-refractivity contribution < 1.29 is 32.5 Å². The molecule has 0 saturated carbocycles. The second-order valence-corrected chi connectivity index (χ2v) is 11.7. The zero-order valence-corrected chi connectivity index (χ0v) is 23.7. The van der Waals surface area contributed by atoms with Crippen LogP contribution < -0.4 is 20.3 Å². The number of nitrogens with one attached hydrogen (secondary N) is 2. The summed E-state index contributed by atoms with van der Waals surface area (Å²) in [6.07, 6.45) is 1.15. The number of sulfone groups is 1. The highest BCUT2D eigenvalue weighted by Gasteiger charge is 2.32. The van der Waals surface area contributed by atoms with Crippen molar-refractivity contribution in [3.8, 4) is 28.4 Å². The molecule has 0 spiro atoms. The molecule has 0 unspecified atom stereocenters. The molecule has 0 saturated heterocycles. The zero-order valence-electron chi connectivity index (χ0n) is 22.9. The third-order valence-electron chi connectivity index (χ3n) is 5.76. The molecule has 3 rings (SSSR count). The van der Waals surface area contributed by atoms with Crippen molar-refractivity contribution in [1.82, 2.24) is 4.98 Å². The number of benzene rings is 2. The van der Waals surface area contributed by atoms with Gasteiger partial charge in [-0.2, -0.15) is 0 Å². The number of anilines is 1. The third kappa shape index (κ3) is 6.54. The van der Waals surface area contributed by atoms with Crippen LogP contribution in [0.2, 0.25) is 0 Å². The van der Waals surface area contributed by atoms with E-state index >= 15 is 0 Å². The Bertz CT molecular complexity index is 1480. The lowest BCUT2D eigenvalue weighted by Crippen LogP contribution is -2.27. The van der Waals surface area contributed by atoms with Crippen LogP contribution in [0.1, 0.15) is 46.2 Å². The molecule has 10 nitrogen and oxygen atoms in total. The highest BCUT2D eigenvalue weighted by atomic mass is 32.2. The monoisotopic (exact) mass is 558 g/mol. The van der Waals surface area contributed by atoms with Gasteiger partial charge in [0, 0.05) is 11.4 Å². The van der Waals surface area contributed by atoms with Crippen LogP contribution in [0.3, 0.4) is 0 Å². The molecule has 3 N–H and O–H groups in total. The van der Waals surface area contributed by atoms with Crippen molar-refractivity contribution in [3.05, 3.63) is 58.5 Å². The SMILES string of the molecule is CCCCc1[nH]c(=O)c(S(=O)(=O)c2ccc(NC(=O)OC(C)(C)C)cc2)c(O)c1-c1c(OC)cccc1OC. The summed E-state index contributed by atoms with van der Waals surface area (Å²) in [6, 6.07) is 10.2. The summed E-state index contributed by atoms with van der Waals surface area (Å²) in [5.74, 6) is -0.0469. The number of aromatic hydroxyl groups is 1. The lowest BCUT2D eigenvalue weighted by atomic mass is 9.98. The van der Waals surface area contributed by atoms with E-state index in [2.05, 4.69) is 10.3 Å². The number of unbranched alkanes of at least 4 members (excludes halogenated alkanes) is 1. The van der Waals surface area contributed by atoms with Crippen LogP contribution in [0.4, 0.5) is 10.5 Å². The molecule has 0 aliphatic rings. The minimum atomic E-state index is -4.50. The number of methoxy groups -OCH3 is 2. The molecule has 0 bridgehead atoms. The van der Waals surface area contributed by atoms with Crippen molar-refractivity contribution in [2.45, 2.75) is 62.3 Å². The molecule has 1 aromatic heterocycles. The molecule has 2 aromatic carbocycles. The topological polar surface area (TPSA) is 144 Å². The van der Waals surface area contributed by atoms with E-state index in [1.165, 1.54) is 38.5 Å². The summed E-state index contributed by atoms with van der Waals surface area (Å²) in [4.78, 5) is 26.8. The van der Waals surface area contributed by atoms with Crippen molar-refractivity contribution in [2.24, 2.45) is 0 Å². The summed E-state index contributed by atoms with van der Waals surface area (Å²) in [5, 5.41) is 14.0. The Balaban J connectivity index is 2.16. The first-order valence-electron chi connectivity index (χ1n) is 12.4. The fourth-order valence-corrected chi connectivity index (χ4v) is 5.42. The lowest BCUT2D eigenvalue weighted by Gasteiger charge is -2.20. The maximum atomic E-state index is 13.7. The molecule has 1 amide bonds. The molecule has 39 heavy (non-hydrogen) atoms. The second-order valence-electron chi connectivity index (χ2n) is 9.78. The fraction of sp³-hybridized carbons (Fsp3) is 0.357. The van der Waals surface area contributed by atoms with Gasteiger partial charge in [-0.15, -0.1) is 0 Å². The van der Waals surface area contributed by atoms with Crippen LogP contribution in [0, 0.1) is 0 Å². The Morgan fingerprint density at radius 2 is 1.59 bits per heavy atom. The smallest absolute Gasteiger partial charge is 0.412 e. The molecular weight excluding hydrogens is 524 g/mol. The van der Waals surface area contributed by atoms with E-state index in [0.29, 0.717) is 35.6 Å². The van der Waals surface area contributed by atoms with Crippen molar-refractivity contribution in [1.29, 1.82) is 0 Å². The average molecular weight is 559 g/mol. The minimum Gasteiger partial charge on any atom is -0.506 e. The molecule has 0 fully saturated rings. The van der Waals surface area contributed by atoms with Crippen LogP contribution in [0.5, 0.6) is 17.2 Å². The first-order valence-corrected chi connectivity index (χ1v) is 13.9. The van der Waals surface area contributed by atoms with E-state index in [1.807, 2.05) is 6.92 Å². The summed E-state index contributed by atoms with van der Waals surface area (Å²) >= 11 is 0. The summed E-state index contributed by atoms with van der Waals surface area (Å²) in [5.41, 5.74) is -0.590. The normalized spacial score (nSPS) is 11.6.